The van der Waals surface area contributed by atoms with Crippen LogP contribution in [0.5, 0.6) is 0 Å². The zero-order chi connectivity index (χ0) is 19.4. The molecule has 1 atom stereocenters. The van der Waals surface area contributed by atoms with Crippen LogP contribution in [0, 0.1) is 0 Å². The van der Waals surface area contributed by atoms with Gasteiger partial charge in [0.1, 0.15) is 6.54 Å². The SMILES string of the molecule is C[C@H](OC(=O)CN1CCCCCC1=O)C(=O)Nc1ccc2[nH]c(=O)[nH]c2c1. The number of nitrogens with zero attached hydrogens (tertiary/aromatic N) is 1. The fraction of sp³-hybridized carbons (Fsp3) is 0.444. The van der Waals surface area contributed by atoms with Gasteiger partial charge in [-0.25, -0.2) is 4.79 Å². The lowest BCUT2D eigenvalue weighted by molar-refractivity contribution is -0.156. The standard InChI is InChI=1S/C18H22N4O5/c1-11(27-16(24)10-22-8-4-2-3-5-15(22)23)17(25)19-12-6-7-13-14(9-12)21-18(26)20-13/h6-7,9,11H,2-5,8,10H2,1H3,(H,19,25)(H2,20,21,26)/t11-/m0/s1. The third-order valence-corrected chi connectivity index (χ3v) is 4.45. The Bertz CT molecular complexity index is 916. The van der Waals surface area contributed by atoms with Crippen molar-refractivity contribution in [3.63, 3.8) is 0 Å². The van der Waals surface area contributed by atoms with Crippen molar-refractivity contribution in [2.75, 3.05) is 18.4 Å². The molecule has 9 nitrogen and oxygen atoms in total. The van der Waals surface area contributed by atoms with Gasteiger partial charge in [0.05, 0.1) is 11.0 Å². The molecule has 144 valence electrons. The Morgan fingerprint density at radius 2 is 1.96 bits per heavy atom. The normalized spacial score (nSPS) is 16.0. The Morgan fingerprint density at radius 1 is 1.19 bits per heavy atom. The summed E-state index contributed by atoms with van der Waals surface area (Å²) in [7, 11) is 0. The molecule has 2 heterocycles. The lowest BCUT2D eigenvalue weighted by Crippen LogP contribution is -2.38. The van der Waals surface area contributed by atoms with E-state index in [9.17, 15) is 19.2 Å². The molecule has 3 N–H and O–H groups in total. The maximum absolute atomic E-state index is 12.3. The fourth-order valence-electron chi connectivity index (χ4n) is 3.00. The maximum atomic E-state index is 12.3. The largest absolute Gasteiger partial charge is 0.451 e. The fourth-order valence-corrected chi connectivity index (χ4v) is 3.00. The number of fused-ring (bicyclic) bond motifs is 1. The summed E-state index contributed by atoms with van der Waals surface area (Å²) in [6.45, 7) is 1.85. The van der Waals surface area contributed by atoms with Crippen LogP contribution in [0.1, 0.15) is 32.6 Å². The van der Waals surface area contributed by atoms with Gasteiger partial charge >= 0.3 is 11.7 Å². The minimum absolute atomic E-state index is 0.0599. The van der Waals surface area contributed by atoms with E-state index < -0.39 is 18.0 Å². The number of ether oxygens (including phenoxy) is 1. The second kappa shape index (κ2) is 8.07. The molecule has 1 aliphatic rings. The number of hydrogen-bond acceptors (Lipinski definition) is 5. The van der Waals surface area contributed by atoms with Gasteiger partial charge in [0.25, 0.3) is 5.91 Å². The topological polar surface area (TPSA) is 124 Å². The van der Waals surface area contributed by atoms with Crippen LogP contribution >= 0.6 is 0 Å². The quantitative estimate of drug-likeness (QED) is 0.677. The molecule has 3 rings (SSSR count). The summed E-state index contributed by atoms with van der Waals surface area (Å²) in [5, 5.41) is 2.64. The lowest BCUT2D eigenvalue weighted by atomic mass is 10.2. The van der Waals surface area contributed by atoms with Crippen LogP contribution in [0.25, 0.3) is 11.0 Å². The number of hydrogen-bond donors (Lipinski definition) is 3. The molecule has 2 aromatic rings. The van der Waals surface area contributed by atoms with Crippen molar-refractivity contribution in [1.29, 1.82) is 0 Å². The van der Waals surface area contributed by atoms with Gasteiger partial charge in [-0.05, 0) is 38.0 Å². The van der Waals surface area contributed by atoms with E-state index >= 15 is 0 Å². The van der Waals surface area contributed by atoms with E-state index in [1.807, 2.05) is 0 Å². The molecule has 0 radical (unpaired) electrons. The molecule has 1 fully saturated rings. The Kier molecular flexibility index (Phi) is 5.58. The molecule has 1 aromatic carbocycles. The predicted octanol–water partition coefficient (Wildman–Crippen LogP) is 1.13. The number of carbonyl (C=O) groups is 3. The summed E-state index contributed by atoms with van der Waals surface area (Å²) in [5.74, 6) is -1.17. The van der Waals surface area contributed by atoms with Gasteiger partial charge in [-0.15, -0.1) is 0 Å². The van der Waals surface area contributed by atoms with Crippen LogP contribution in [0.2, 0.25) is 0 Å². The van der Waals surface area contributed by atoms with Gasteiger partial charge in [0.15, 0.2) is 6.10 Å². The highest BCUT2D eigenvalue weighted by molar-refractivity contribution is 5.96. The van der Waals surface area contributed by atoms with Crippen LogP contribution in [0.15, 0.2) is 23.0 Å². The molecule has 0 aliphatic carbocycles. The molecule has 1 aromatic heterocycles. The highest BCUT2D eigenvalue weighted by Crippen LogP contribution is 2.15. The van der Waals surface area contributed by atoms with Crippen molar-refractivity contribution in [1.82, 2.24) is 14.9 Å². The number of esters is 1. The van der Waals surface area contributed by atoms with E-state index in [-0.39, 0.29) is 18.1 Å². The molecule has 27 heavy (non-hydrogen) atoms. The van der Waals surface area contributed by atoms with Crippen LogP contribution in [-0.2, 0) is 19.1 Å². The van der Waals surface area contributed by atoms with Crippen LogP contribution in [-0.4, -0.2) is 51.8 Å². The van der Waals surface area contributed by atoms with Crippen molar-refractivity contribution in [2.45, 2.75) is 38.7 Å². The first-order chi connectivity index (χ1) is 12.9. The average Bonchev–Trinajstić information content (AvgIpc) is 2.87. The van der Waals surface area contributed by atoms with Crippen LogP contribution in [0.4, 0.5) is 5.69 Å². The first kappa shape index (κ1) is 18.7. The zero-order valence-electron chi connectivity index (χ0n) is 15.0. The molecule has 0 unspecified atom stereocenters. The van der Waals surface area contributed by atoms with E-state index in [4.69, 9.17) is 4.74 Å². The Labute approximate surface area is 155 Å². The molecular formula is C18H22N4O5. The highest BCUT2D eigenvalue weighted by atomic mass is 16.5. The number of nitrogens with one attached hydrogen (secondary N) is 3. The number of rotatable bonds is 5. The van der Waals surface area contributed by atoms with Gasteiger partial charge in [0.2, 0.25) is 5.91 Å². The van der Waals surface area contributed by atoms with Gasteiger partial charge in [-0.3, -0.25) is 14.4 Å². The van der Waals surface area contributed by atoms with Crippen molar-refractivity contribution in [3.8, 4) is 0 Å². The predicted molar refractivity (Wildman–Crippen MR) is 98.2 cm³/mol. The summed E-state index contributed by atoms with van der Waals surface area (Å²) in [6, 6.07) is 4.90. The minimum Gasteiger partial charge on any atom is -0.451 e. The van der Waals surface area contributed by atoms with E-state index in [1.54, 1.807) is 18.2 Å². The molecular weight excluding hydrogens is 352 g/mol. The number of amides is 2. The Morgan fingerprint density at radius 3 is 2.78 bits per heavy atom. The molecule has 2 amide bonds. The highest BCUT2D eigenvalue weighted by Gasteiger charge is 2.23. The number of aromatic amines is 2. The summed E-state index contributed by atoms with van der Waals surface area (Å²) < 4.78 is 5.16. The van der Waals surface area contributed by atoms with Crippen LogP contribution in [0.3, 0.4) is 0 Å². The first-order valence-electron chi connectivity index (χ1n) is 8.92. The lowest BCUT2D eigenvalue weighted by Gasteiger charge is -2.20. The van der Waals surface area contributed by atoms with Crippen LogP contribution < -0.4 is 11.0 Å². The van der Waals surface area contributed by atoms with Crippen molar-refractivity contribution in [2.24, 2.45) is 0 Å². The van der Waals surface area contributed by atoms with Crippen molar-refractivity contribution in [3.05, 3.63) is 28.7 Å². The number of likely N-dealkylation sites (tertiary alicyclic amines) is 1. The van der Waals surface area contributed by atoms with E-state index in [0.29, 0.717) is 29.7 Å². The third-order valence-electron chi connectivity index (χ3n) is 4.45. The average molecular weight is 374 g/mol. The number of carbonyl (C=O) groups excluding carboxylic acids is 3. The van der Waals surface area contributed by atoms with Crippen molar-refractivity contribution < 1.29 is 19.1 Å². The Balaban J connectivity index is 1.55. The van der Waals surface area contributed by atoms with Gasteiger partial charge < -0.3 is 24.9 Å². The third kappa shape index (κ3) is 4.75. The first-order valence-corrected chi connectivity index (χ1v) is 8.92. The number of benzene rings is 1. The van der Waals surface area contributed by atoms with E-state index in [0.717, 1.165) is 19.3 Å². The minimum atomic E-state index is -1.01. The monoisotopic (exact) mass is 374 g/mol. The molecule has 1 aliphatic heterocycles. The van der Waals surface area contributed by atoms with Crippen molar-refractivity contribution >= 4 is 34.5 Å². The zero-order valence-corrected chi connectivity index (χ0v) is 15.0. The molecule has 1 saturated heterocycles. The second-order valence-electron chi connectivity index (χ2n) is 6.59. The second-order valence-corrected chi connectivity index (χ2v) is 6.59. The number of imidazole rings is 1. The number of aromatic nitrogens is 2. The number of H-pyrrole nitrogens is 2. The molecule has 0 saturated carbocycles. The summed E-state index contributed by atoms with van der Waals surface area (Å²) in [6.07, 6.45) is 2.08. The summed E-state index contributed by atoms with van der Waals surface area (Å²) >= 11 is 0. The maximum Gasteiger partial charge on any atom is 0.326 e. The van der Waals surface area contributed by atoms with E-state index in [2.05, 4.69) is 15.3 Å². The van der Waals surface area contributed by atoms with E-state index in [1.165, 1.54) is 11.8 Å². The molecule has 0 spiro atoms. The number of anilines is 1. The summed E-state index contributed by atoms with van der Waals surface area (Å²) in [5.41, 5.74) is 1.31. The molecule has 0 bridgehead atoms. The van der Waals surface area contributed by atoms with Gasteiger partial charge in [0, 0.05) is 18.7 Å². The Hall–Kier alpha value is -3.10. The van der Waals surface area contributed by atoms with Gasteiger partial charge in [-0.1, -0.05) is 6.42 Å². The smallest absolute Gasteiger partial charge is 0.326 e. The van der Waals surface area contributed by atoms with Gasteiger partial charge in [-0.2, -0.15) is 0 Å². The molecule has 9 heteroatoms. The summed E-state index contributed by atoms with van der Waals surface area (Å²) in [4.78, 5) is 54.2.